The van der Waals surface area contributed by atoms with E-state index in [2.05, 4.69) is 14.7 Å². The zero-order valence-corrected chi connectivity index (χ0v) is 17.6. The molecule has 1 saturated carbocycles. The molecule has 1 aliphatic heterocycles. The maximum absolute atomic E-state index is 15.6. The molecule has 2 fully saturated rings. The van der Waals surface area contributed by atoms with E-state index in [1.54, 1.807) is 0 Å². The Kier molecular flexibility index (Phi) is 4.21. The average molecular weight is 429 g/mol. The summed E-state index contributed by atoms with van der Waals surface area (Å²) in [6.45, 7) is 6.54. The van der Waals surface area contributed by atoms with Gasteiger partial charge in [0, 0.05) is 12.0 Å². The number of carbonyl (C=O) groups is 1. The fourth-order valence-electron chi connectivity index (χ4n) is 5.22. The number of hydrogen-bond donors (Lipinski definition) is 2. The summed E-state index contributed by atoms with van der Waals surface area (Å²) < 4.78 is 27.5. The molecule has 3 heterocycles. The number of benzene rings is 1. The zero-order chi connectivity index (χ0) is 22.1. The molecule has 0 radical (unpaired) electrons. The number of halogens is 1. The van der Waals surface area contributed by atoms with Crippen LogP contribution in [-0.2, 0) is 10.3 Å². The highest BCUT2D eigenvalue weighted by Crippen LogP contribution is 2.56. The van der Waals surface area contributed by atoms with Crippen molar-refractivity contribution in [2.75, 3.05) is 6.61 Å². The molecular weight excluding hydrogens is 405 g/mol. The molecule has 2 aliphatic rings. The number of aromatic carboxylic acids is 1. The molecule has 2 aromatic heterocycles. The van der Waals surface area contributed by atoms with Crippen molar-refractivity contribution in [3.05, 3.63) is 51.6 Å². The van der Waals surface area contributed by atoms with Crippen LogP contribution in [-0.4, -0.2) is 38.0 Å². The monoisotopic (exact) mass is 429 g/mol. The largest absolute Gasteiger partial charge is 0.477 e. The number of nitrogens with zero attached hydrogens (tertiary/aromatic N) is 2. The van der Waals surface area contributed by atoms with Crippen molar-refractivity contribution in [2.45, 2.75) is 57.1 Å². The van der Waals surface area contributed by atoms with Gasteiger partial charge in [-0.15, -0.1) is 0 Å². The molecule has 5 rings (SSSR count). The Balaban J connectivity index is 1.70. The molecule has 8 nitrogen and oxygen atoms in total. The van der Waals surface area contributed by atoms with Gasteiger partial charge >= 0.3 is 11.7 Å². The van der Waals surface area contributed by atoms with E-state index in [-0.39, 0.29) is 34.5 Å². The Morgan fingerprint density at radius 3 is 2.65 bits per heavy atom. The van der Waals surface area contributed by atoms with Crippen molar-refractivity contribution >= 4 is 16.9 Å². The van der Waals surface area contributed by atoms with Crippen LogP contribution in [0, 0.1) is 11.7 Å². The lowest BCUT2D eigenvalue weighted by Gasteiger charge is -2.35. The zero-order valence-electron chi connectivity index (χ0n) is 17.6. The van der Waals surface area contributed by atoms with Gasteiger partial charge in [0.2, 0.25) is 0 Å². The van der Waals surface area contributed by atoms with Gasteiger partial charge in [-0.25, -0.2) is 14.0 Å². The summed E-state index contributed by atoms with van der Waals surface area (Å²) in [7, 11) is 0. The van der Waals surface area contributed by atoms with Crippen LogP contribution in [0.25, 0.3) is 10.9 Å². The van der Waals surface area contributed by atoms with E-state index < -0.39 is 23.1 Å². The summed E-state index contributed by atoms with van der Waals surface area (Å²) >= 11 is 0. The Morgan fingerprint density at radius 2 is 2.06 bits per heavy atom. The molecule has 0 spiro atoms. The van der Waals surface area contributed by atoms with Gasteiger partial charge in [0.25, 0.3) is 0 Å². The minimum absolute atomic E-state index is 0.0495. The minimum atomic E-state index is -1.17. The third kappa shape index (κ3) is 3.02. The van der Waals surface area contributed by atoms with E-state index in [9.17, 15) is 14.7 Å². The van der Waals surface area contributed by atoms with Crippen LogP contribution in [0.1, 0.15) is 67.8 Å². The molecule has 1 unspecified atom stereocenters. The Morgan fingerprint density at radius 1 is 1.32 bits per heavy atom. The molecule has 0 amide bonds. The van der Waals surface area contributed by atoms with E-state index in [0.717, 1.165) is 18.4 Å². The molecular formula is C22H24FN3O5. The summed E-state index contributed by atoms with van der Waals surface area (Å²) in [6.07, 6.45) is 2.04. The van der Waals surface area contributed by atoms with Crippen LogP contribution in [0.5, 0.6) is 0 Å². The number of hydrogen-bond acceptors (Lipinski definition) is 5. The lowest BCUT2D eigenvalue weighted by molar-refractivity contribution is -0.0593. The number of nitrogens with one attached hydrogen (secondary N) is 1. The highest BCUT2D eigenvalue weighted by molar-refractivity contribution is 5.95. The van der Waals surface area contributed by atoms with E-state index in [0.29, 0.717) is 18.4 Å². The van der Waals surface area contributed by atoms with Crippen molar-refractivity contribution in [1.82, 2.24) is 14.7 Å². The summed E-state index contributed by atoms with van der Waals surface area (Å²) in [5, 5.41) is 14.2. The van der Waals surface area contributed by atoms with E-state index >= 15 is 4.39 Å². The predicted molar refractivity (Wildman–Crippen MR) is 109 cm³/mol. The summed E-state index contributed by atoms with van der Waals surface area (Å²) in [4.78, 5) is 26.2. The van der Waals surface area contributed by atoms with Crippen LogP contribution in [0.15, 0.2) is 27.5 Å². The van der Waals surface area contributed by atoms with Crippen molar-refractivity contribution in [3.63, 3.8) is 0 Å². The van der Waals surface area contributed by atoms with Gasteiger partial charge in [-0.2, -0.15) is 0 Å². The first-order chi connectivity index (χ1) is 14.6. The molecule has 3 atom stereocenters. The van der Waals surface area contributed by atoms with E-state index in [1.165, 1.54) is 16.7 Å². The standard InChI is InChI=1S/C22H24FN3O5/c1-11-9-22(11,19-24-20(29)31-25-19)26-16(18(27)28)8-14-6-13(7-15(23)17(14)26)12-4-5-30-21(2,3)10-12/h6-8,11-12H,4-5,9-10H2,1-3H3,(H,27,28)(H,24,25,29)/t11-,12?,22-/m0/s1. The Hall–Kier alpha value is -2.94. The lowest BCUT2D eigenvalue weighted by atomic mass is 9.83. The van der Waals surface area contributed by atoms with Crippen LogP contribution in [0.4, 0.5) is 4.39 Å². The molecule has 1 aromatic carbocycles. The minimum Gasteiger partial charge on any atom is -0.477 e. The van der Waals surface area contributed by atoms with Gasteiger partial charge in [0.1, 0.15) is 17.1 Å². The number of H-pyrrole nitrogens is 1. The normalized spacial score (nSPS) is 27.5. The smallest absolute Gasteiger partial charge is 0.438 e. The summed E-state index contributed by atoms with van der Waals surface area (Å²) in [6, 6.07) is 4.88. The van der Waals surface area contributed by atoms with Gasteiger partial charge < -0.3 is 14.4 Å². The summed E-state index contributed by atoms with van der Waals surface area (Å²) in [5.74, 6) is -2.12. The fourth-order valence-corrected chi connectivity index (χ4v) is 5.22. The summed E-state index contributed by atoms with van der Waals surface area (Å²) in [5.41, 5.74) is -0.279. The van der Waals surface area contributed by atoms with Crippen LogP contribution in [0.2, 0.25) is 0 Å². The first-order valence-corrected chi connectivity index (χ1v) is 10.4. The fraction of sp³-hybridized carbons (Fsp3) is 0.500. The number of aromatic nitrogens is 3. The van der Waals surface area contributed by atoms with Gasteiger partial charge in [0.05, 0.1) is 11.1 Å². The number of aromatic amines is 1. The molecule has 9 heteroatoms. The second kappa shape index (κ2) is 6.53. The van der Waals surface area contributed by atoms with Gasteiger partial charge in [-0.1, -0.05) is 12.1 Å². The van der Waals surface area contributed by atoms with Crippen LogP contribution >= 0.6 is 0 Å². The van der Waals surface area contributed by atoms with Gasteiger partial charge in [-0.3, -0.25) is 9.51 Å². The first-order valence-electron chi connectivity index (χ1n) is 10.4. The van der Waals surface area contributed by atoms with Gasteiger partial charge in [-0.05, 0) is 68.7 Å². The van der Waals surface area contributed by atoms with Crippen molar-refractivity contribution in [2.24, 2.45) is 5.92 Å². The third-order valence-electron chi connectivity index (χ3n) is 6.78. The quantitative estimate of drug-likeness (QED) is 0.656. The number of carboxylic acid groups (broad SMARTS) is 1. The molecule has 3 aromatic rings. The Bertz CT molecular complexity index is 1260. The van der Waals surface area contributed by atoms with E-state index in [4.69, 9.17) is 4.74 Å². The van der Waals surface area contributed by atoms with E-state index in [1.807, 2.05) is 26.8 Å². The second-order valence-electron chi connectivity index (χ2n) is 9.38. The third-order valence-corrected chi connectivity index (χ3v) is 6.78. The highest BCUT2D eigenvalue weighted by atomic mass is 19.1. The van der Waals surface area contributed by atoms with Crippen molar-refractivity contribution in [3.8, 4) is 0 Å². The van der Waals surface area contributed by atoms with Crippen LogP contribution in [0.3, 0.4) is 0 Å². The lowest BCUT2D eigenvalue weighted by Crippen LogP contribution is -2.33. The SMILES string of the molecule is C[C@H]1C[C@]1(c1noc(=O)[nH]1)n1c(C(=O)O)cc2cc(C3CCOC(C)(C)C3)cc(F)c21. The second-order valence-corrected chi connectivity index (χ2v) is 9.38. The van der Waals surface area contributed by atoms with Crippen LogP contribution < -0.4 is 5.76 Å². The van der Waals surface area contributed by atoms with Crippen molar-refractivity contribution in [1.29, 1.82) is 0 Å². The predicted octanol–water partition coefficient (Wildman–Crippen LogP) is 3.61. The topological polar surface area (TPSA) is 110 Å². The maximum atomic E-state index is 15.6. The molecule has 1 aliphatic carbocycles. The average Bonchev–Trinajstić information content (AvgIpc) is 3.03. The number of rotatable bonds is 4. The van der Waals surface area contributed by atoms with Gasteiger partial charge in [0.15, 0.2) is 5.82 Å². The number of carboxylic acids is 1. The molecule has 0 bridgehead atoms. The highest BCUT2D eigenvalue weighted by Gasteiger charge is 2.59. The van der Waals surface area contributed by atoms with Crippen molar-refractivity contribution < 1.29 is 23.6 Å². The Labute approximate surface area is 177 Å². The molecule has 31 heavy (non-hydrogen) atoms. The number of fused-ring (bicyclic) bond motifs is 1. The number of ether oxygens (including phenoxy) is 1. The molecule has 2 N–H and O–H groups in total. The maximum Gasteiger partial charge on any atom is 0.438 e. The molecule has 164 valence electrons. The first kappa shape index (κ1) is 20.0. The molecule has 1 saturated heterocycles.